The summed E-state index contributed by atoms with van der Waals surface area (Å²) in [5.41, 5.74) is 0.498. The fourth-order valence-corrected chi connectivity index (χ4v) is 2.32. The van der Waals surface area contributed by atoms with Crippen LogP contribution in [-0.2, 0) is 0 Å². The molecule has 0 fully saturated rings. The average molecular weight is 292 g/mol. The number of ether oxygens (including phenoxy) is 2. The largest absolute Gasteiger partial charge is 0.493 e. The molecule has 1 amide bonds. The van der Waals surface area contributed by atoms with Gasteiger partial charge in [0.05, 0.1) is 13.7 Å². The van der Waals surface area contributed by atoms with Crippen LogP contribution >= 0.6 is 11.3 Å². The van der Waals surface area contributed by atoms with Crippen molar-refractivity contribution in [2.75, 3.05) is 19.0 Å². The summed E-state index contributed by atoms with van der Waals surface area (Å²) in [6, 6.07) is 5.08. The third kappa shape index (κ3) is 3.27. The molecule has 0 atom stereocenters. The molecule has 1 aromatic carbocycles. The van der Waals surface area contributed by atoms with Gasteiger partial charge in [-0.15, -0.1) is 11.3 Å². The van der Waals surface area contributed by atoms with Crippen LogP contribution in [0.25, 0.3) is 0 Å². The number of anilines is 1. The van der Waals surface area contributed by atoms with E-state index in [0.29, 0.717) is 28.8 Å². The summed E-state index contributed by atoms with van der Waals surface area (Å²) in [5, 5.41) is 3.34. The summed E-state index contributed by atoms with van der Waals surface area (Å²) in [7, 11) is 1.55. The highest BCUT2D eigenvalue weighted by Crippen LogP contribution is 2.28. The molecule has 20 heavy (non-hydrogen) atoms. The van der Waals surface area contributed by atoms with Crippen molar-refractivity contribution >= 4 is 22.4 Å². The van der Waals surface area contributed by atoms with Crippen LogP contribution in [0.3, 0.4) is 0 Å². The number of nitrogens with one attached hydrogen (secondary N) is 1. The van der Waals surface area contributed by atoms with Crippen molar-refractivity contribution in [2.24, 2.45) is 0 Å². The van der Waals surface area contributed by atoms with Gasteiger partial charge in [0.15, 0.2) is 16.6 Å². The van der Waals surface area contributed by atoms with E-state index >= 15 is 0 Å². The van der Waals surface area contributed by atoms with E-state index in [9.17, 15) is 4.79 Å². The van der Waals surface area contributed by atoms with Crippen LogP contribution in [0, 0.1) is 6.92 Å². The number of carbonyl (C=O) groups excluding carboxylic acids is 1. The third-order valence-electron chi connectivity index (χ3n) is 2.57. The zero-order valence-corrected chi connectivity index (χ0v) is 12.4. The summed E-state index contributed by atoms with van der Waals surface area (Å²) in [5.74, 6) is 0.937. The summed E-state index contributed by atoms with van der Waals surface area (Å²) >= 11 is 1.43. The van der Waals surface area contributed by atoms with Gasteiger partial charge in [-0.05, 0) is 32.0 Å². The molecule has 6 heteroatoms. The van der Waals surface area contributed by atoms with Crippen LogP contribution in [0.15, 0.2) is 24.4 Å². The molecule has 0 aliphatic heterocycles. The topological polar surface area (TPSA) is 60.5 Å². The molecule has 1 aromatic heterocycles. The maximum atomic E-state index is 12.1. The molecule has 106 valence electrons. The highest BCUT2D eigenvalue weighted by molar-refractivity contribution is 7.15. The molecule has 0 saturated carbocycles. The Hall–Kier alpha value is -2.08. The lowest BCUT2D eigenvalue weighted by molar-refractivity contribution is 0.102. The molecule has 0 unspecified atom stereocenters. The van der Waals surface area contributed by atoms with Gasteiger partial charge in [0.1, 0.15) is 0 Å². The number of aromatic nitrogens is 1. The monoisotopic (exact) mass is 292 g/mol. The Bertz CT molecular complexity index is 610. The summed E-state index contributed by atoms with van der Waals surface area (Å²) in [4.78, 5) is 17.3. The average Bonchev–Trinajstić information content (AvgIpc) is 2.84. The number of methoxy groups -OCH3 is 1. The Kier molecular flexibility index (Phi) is 4.57. The molecule has 0 radical (unpaired) electrons. The Labute approximate surface area is 121 Å². The van der Waals surface area contributed by atoms with Crippen LogP contribution in [0.4, 0.5) is 5.13 Å². The second kappa shape index (κ2) is 6.38. The molecular weight excluding hydrogens is 276 g/mol. The molecular formula is C14H16N2O3S. The highest BCUT2D eigenvalue weighted by atomic mass is 32.1. The number of amides is 1. The van der Waals surface area contributed by atoms with Crippen LogP contribution in [0.2, 0.25) is 0 Å². The minimum absolute atomic E-state index is 0.222. The third-order valence-corrected chi connectivity index (χ3v) is 3.40. The standard InChI is InChI=1S/C14H16N2O3S/c1-4-19-11-6-5-10(7-12(11)18-3)13(17)16-14-15-8-9(2)20-14/h5-8H,4H2,1-3H3,(H,15,16,17). The van der Waals surface area contributed by atoms with Crippen molar-refractivity contribution in [2.45, 2.75) is 13.8 Å². The number of thiazole rings is 1. The molecule has 1 N–H and O–H groups in total. The smallest absolute Gasteiger partial charge is 0.257 e. The molecule has 2 aromatic rings. The molecule has 2 rings (SSSR count). The Morgan fingerprint density at radius 1 is 1.40 bits per heavy atom. The van der Waals surface area contributed by atoms with Gasteiger partial charge in [-0.2, -0.15) is 0 Å². The number of benzene rings is 1. The maximum Gasteiger partial charge on any atom is 0.257 e. The molecule has 0 bridgehead atoms. The zero-order valence-electron chi connectivity index (χ0n) is 11.6. The van der Waals surface area contributed by atoms with E-state index in [-0.39, 0.29) is 5.91 Å². The first kappa shape index (κ1) is 14.3. The van der Waals surface area contributed by atoms with Gasteiger partial charge >= 0.3 is 0 Å². The fourth-order valence-electron chi connectivity index (χ4n) is 1.67. The summed E-state index contributed by atoms with van der Waals surface area (Å²) in [6.07, 6.45) is 1.72. The van der Waals surface area contributed by atoms with E-state index in [1.54, 1.807) is 31.5 Å². The van der Waals surface area contributed by atoms with E-state index in [4.69, 9.17) is 9.47 Å². The zero-order chi connectivity index (χ0) is 14.5. The van der Waals surface area contributed by atoms with Crippen molar-refractivity contribution in [3.63, 3.8) is 0 Å². The molecule has 5 nitrogen and oxygen atoms in total. The predicted octanol–water partition coefficient (Wildman–Crippen LogP) is 3.11. The first-order valence-corrected chi connectivity index (χ1v) is 7.00. The SMILES string of the molecule is CCOc1ccc(C(=O)Nc2ncc(C)s2)cc1OC. The number of hydrogen-bond acceptors (Lipinski definition) is 5. The van der Waals surface area contributed by atoms with Gasteiger partial charge in [0.2, 0.25) is 0 Å². The Morgan fingerprint density at radius 3 is 2.80 bits per heavy atom. The lowest BCUT2D eigenvalue weighted by Crippen LogP contribution is -2.11. The van der Waals surface area contributed by atoms with Gasteiger partial charge in [-0.3, -0.25) is 10.1 Å². The van der Waals surface area contributed by atoms with Crippen molar-refractivity contribution in [3.8, 4) is 11.5 Å². The lowest BCUT2D eigenvalue weighted by atomic mass is 10.2. The number of rotatable bonds is 5. The van der Waals surface area contributed by atoms with E-state index in [0.717, 1.165) is 4.88 Å². The van der Waals surface area contributed by atoms with E-state index in [1.807, 2.05) is 13.8 Å². The van der Waals surface area contributed by atoms with Gasteiger partial charge in [0.25, 0.3) is 5.91 Å². The van der Waals surface area contributed by atoms with Crippen molar-refractivity contribution < 1.29 is 14.3 Å². The van der Waals surface area contributed by atoms with Crippen molar-refractivity contribution in [1.29, 1.82) is 0 Å². The lowest BCUT2D eigenvalue weighted by Gasteiger charge is -2.10. The number of carbonyl (C=O) groups is 1. The first-order chi connectivity index (χ1) is 9.63. The number of aryl methyl sites for hydroxylation is 1. The second-order valence-electron chi connectivity index (χ2n) is 4.03. The van der Waals surface area contributed by atoms with Gasteiger partial charge in [0, 0.05) is 16.6 Å². The number of hydrogen-bond donors (Lipinski definition) is 1. The van der Waals surface area contributed by atoms with Crippen LogP contribution in [0.5, 0.6) is 11.5 Å². The molecule has 0 aliphatic carbocycles. The molecule has 0 aliphatic rings. The fraction of sp³-hybridized carbons (Fsp3) is 0.286. The summed E-state index contributed by atoms with van der Waals surface area (Å²) in [6.45, 7) is 4.37. The van der Waals surface area contributed by atoms with Crippen LogP contribution < -0.4 is 14.8 Å². The Morgan fingerprint density at radius 2 is 2.20 bits per heavy atom. The maximum absolute atomic E-state index is 12.1. The van der Waals surface area contributed by atoms with Crippen LogP contribution in [0.1, 0.15) is 22.2 Å². The van der Waals surface area contributed by atoms with E-state index in [2.05, 4.69) is 10.3 Å². The quantitative estimate of drug-likeness (QED) is 0.920. The van der Waals surface area contributed by atoms with Crippen molar-refractivity contribution in [1.82, 2.24) is 4.98 Å². The molecule has 0 saturated heterocycles. The van der Waals surface area contributed by atoms with Gasteiger partial charge in [-0.1, -0.05) is 0 Å². The van der Waals surface area contributed by atoms with E-state index < -0.39 is 0 Å². The van der Waals surface area contributed by atoms with Crippen molar-refractivity contribution in [3.05, 3.63) is 34.8 Å². The highest BCUT2D eigenvalue weighted by Gasteiger charge is 2.12. The number of nitrogens with zero attached hydrogens (tertiary/aromatic N) is 1. The second-order valence-corrected chi connectivity index (χ2v) is 5.26. The van der Waals surface area contributed by atoms with E-state index in [1.165, 1.54) is 11.3 Å². The molecule has 1 heterocycles. The van der Waals surface area contributed by atoms with Gasteiger partial charge < -0.3 is 9.47 Å². The normalized spacial score (nSPS) is 10.2. The van der Waals surface area contributed by atoms with Gasteiger partial charge in [-0.25, -0.2) is 4.98 Å². The predicted molar refractivity (Wildman–Crippen MR) is 79.0 cm³/mol. The minimum Gasteiger partial charge on any atom is -0.493 e. The van der Waals surface area contributed by atoms with Crippen LogP contribution in [-0.4, -0.2) is 24.6 Å². The Balaban J connectivity index is 2.17. The molecule has 0 spiro atoms. The first-order valence-electron chi connectivity index (χ1n) is 6.18. The minimum atomic E-state index is -0.222. The summed E-state index contributed by atoms with van der Waals surface area (Å²) < 4.78 is 10.6.